The quantitative estimate of drug-likeness (QED) is 0.807. The maximum absolute atomic E-state index is 12.4. The molecule has 1 aliphatic carbocycles. The second kappa shape index (κ2) is 5.94. The molecule has 1 aromatic rings. The van der Waals surface area contributed by atoms with Crippen LogP contribution in [0.2, 0.25) is 0 Å². The summed E-state index contributed by atoms with van der Waals surface area (Å²) in [5.74, 6) is 0.696. The Kier molecular flexibility index (Phi) is 4.60. The Balaban J connectivity index is 2.22. The lowest BCUT2D eigenvalue weighted by molar-refractivity contribution is 0.407. The predicted octanol–water partition coefficient (Wildman–Crippen LogP) is 1.88. The van der Waals surface area contributed by atoms with Crippen LogP contribution in [0.3, 0.4) is 0 Å². The smallest absolute Gasteiger partial charge is 0.240 e. The van der Waals surface area contributed by atoms with E-state index in [-0.39, 0.29) is 11.5 Å². The van der Waals surface area contributed by atoms with E-state index in [1.54, 1.807) is 25.3 Å². The van der Waals surface area contributed by atoms with Crippen molar-refractivity contribution in [2.45, 2.75) is 44.7 Å². The highest BCUT2D eigenvalue weighted by Gasteiger charge is 2.47. The first-order chi connectivity index (χ1) is 9.80. The molecule has 2 N–H and O–H groups in total. The van der Waals surface area contributed by atoms with Crippen molar-refractivity contribution in [1.82, 2.24) is 10.0 Å². The number of rotatable bonds is 7. The van der Waals surface area contributed by atoms with Crippen LogP contribution in [-0.2, 0) is 16.6 Å². The molecule has 6 heteroatoms. The van der Waals surface area contributed by atoms with Crippen LogP contribution >= 0.6 is 0 Å². The van der Waals surface area contributed by atoms with Gasteiger partial charge in [0.05, 0.1) is 12.0 Å². The second-order valence-electron chi connectivity index (χ2n) is 6.12. The minimum absolute atomic E-state index is 0.0295. The van der Waals surface area contributed by atoms with E-state index in [2.05, 4.69) is 23.9 Å². The summed E-state index contributed by atoms with van der Waals surface area (Å²) >= 11 is 0. The summed E-state index contributed by atoms with van der Waals surface area (Å²) in [6.45, 7) is 7.52. The van der Waals surface area contributed by atoms with Crippen LogP contribution in [0.4, 0.5) is 0 Å². The average Bonchev–Trinajstić information content (AvgIpc) is 3.01. The molecule has 0 saturated heterocycles. The van der Waals surface area contributed by atoms with Crippen LogP contribution in [-0.4, -0.2) is 28.1 Å². The fourth-order valence-electron chi connectivity index (χ4n) is 2.24. The zero-order chi connectivity index (χ0) is 15.7. The summed E-state index contributed by atoms with van der Waals surface area (Å²) in [5, 5.41) is 3.19. The monoisotopic (exact) mass is 312 g/mol. The Labute approximate surface area is 127 Å². The lowest BCUT2D eigenvalue weighted by Crippen LogP contribution is -2.28. The molecule has 0 amide bonds. The standard InChI is InChI=1S/C15H24N2O3S/c1-5-16-10-11-8-12(6-7-13(11)20-4)21(18,19)17-14-9-15(14,2)3/h6-8,14,16-17H,5,9-10H2,1-4H3. The van der Waals surface area contributed by atoms with Gasteiger partial charge in [-0.2, -0.15) is 0 Å². The van der Waals surface area contributed by atoms with Crippen molar-refractivity contribution in [2.24, 2.45) is 5.41 Å². The molecule has 1 atom stereocenters. The van der Waals surface area contributed by atoms with Crippen molar-refractivity contribution in [3.63, 3.8) is 0 Å². The molecule has 0 aliphatic heterocycles. The third-order valence-electron chi connectivity index (χ3n) is 3.94. The number of ether oxygens (including phenoxy) is 1. The van der Waals surface area contributed by atoms with Crippen molar-refractivity contribution >= 4 is 10.0 Å². The van der Waals surface area contributed by atoms with E-state index in [9.17, 15) is 8.42 Å². The number of sulfonamides is 1. The van der Waals surface area contributed by atoms with Gasteiger partial charge in [0.25, 0.3) is 0 Å². The second-order valence-corrected chi connectivity index (χ2v) is 7.83. The van der Waals surface area contributed by atoms with Gasteiger partial charge in [0, 0.05) is 18.2 Å². The van der Waals surface area contributed by atoms with Crippen LogP contribution in [0.5, 0.6) is 5.75 Å². The Morgan fingerprint density at radius 1 is 1.38 bits per heavy atom. The van der Waals surface area contributed by atoms with E-state index in [0.717, 1.165) is 18.5 Å². The Hall–Kier alpha value is -1.11. The normalized spacial score (nSPS) is 20.3. The van der Waals surface area contributed by atoms with Crippen molar-refractivity contribution < 1.29 is 13.2 Å². The van der Waals surface area contributed by atoms with Gasteiger partial charge in [-0.05, 0) is 36.6 Å². The first-order valence-corrected chi connectivity index (χ1v) is 8.68. The summed E-state index contributed by atoms with van der Waals surface area (Å²) in [6.07, 6.45) is 0.882. The highest BCUT2D eigenvalue weighted by Crippen LogP contribution is 2.45. The number of methoxy groups -OCH3 is 1. The molecule has 5 nitrogen and oxygen atoms in total. The van der Waals surface area contributed by atoms with Crippen LogP contribution in [0, 0.1) is 5.41 Å². The van der Waals surface area contributed by atoms with Crippen molar-refractivity contribution in [1.29, 1.82) is 0 Å². The van der Waals surface area contributed by atoms with Crippen LogP contribution < -0.4 is 14.8 Å². The van der Waals surface area contributed by atoms with Crippen LogP contribution in [0.25, 0.3) is 0 Å². The van der Waals surface area contributed by atoms with Crippen LogP contribution in [0.15, 0.2) is 23.1 Å². The summed E-state index contributed by atoms with van der Waals surface area (Å²) in [7, 11) is -1.89. The summed E-state index contributed by atoms with van der Waals surface area (Å²) in [5.41, 5.74) is 0.906. The highest BCUT2D eigenvalue weighted by molar-refractivity contribution is 7.89. The Morgan fingerprint density at radius 3 is 2.57 bits per heavy atom. The van der Waals surface area contributed by atoms with Crippen molar-refractivity contribution in [3.05, 3.63) is 23.8 Å². The first kappa shape index (κ1) is 16.3. The van der Waals surface area contributed by atoms with Gasteiger partial charge in [-0.3, -0.25) is 0 Å². The molecule has 1 unspecified atom stereocenters. The van der Waals surface area contributed by atoms with E-state index in [4.69, 9.17) is 4.74 Å². The largest absolute Gasteiger partial charge is 0.496 e. The molecule has 1 aliphatic rings. The predicted molar refractivity (Wildman–Crippen MR) is 82.9 cm³/mol. The van der Waals surface area contributed by atoms with Gasteiger partial charge >= 0.3 is 0 Å². The van der Waals surface area contributed by atoms with Gasteiger partial charge < -0.3 is 10.1 Å². The van der Waals surface area contributed by atoms with E-state index in [1.165, 1.54) is 0 Å². The van der Waals surface area contributed by atoms with Gasteiger partial charge in [-0.1, -0.05) is 20.8 Å². The van der Waals surface area contributed by atoms with E-state index >= 15 is 0 Å². The number of hydrogen-bond acceptors (Lipinski definition) is 4. The topological polar surface area (TPSA) is 67.4 Å². The zero-order valence-electron chi connectivity index (χ0n) is 13.1. The maximum Gasteiger partial charge on any atom is 0.240 e. The van der Waals surface area contributed by atoms with Gasteiger partial charge in [-0.25, -0.2) is 13.1 Å². The molecule has 0 aromatic heterocycles. The first-order valence-electron chi connectivity index (χ1n) is 7.20. The average molecular weight is 312 g/mol. The Morgan fingerprint density at radius 2 is 2.05 bits per heavy atom. The third kappa shape index (κ3) is 3.75. The van der Waals surface area contributed by atoms with Gasteiger partial charge in [-0.15, -0.1) is 0 Å². The molecule has 0 heterocycles. The summed E-state index contributed by atoms with van der Waals surface area (Å²) in [6, 6.07) is 5.01. The van der Waals surface area contributed by atoms with Crippen molar-refractivity contribution in [3.8, 4) is 5.75 Å². The molecule has 2 rings (SSSR count). The zero-order valence-corrected chi connectivity index (χ0v) is 13.9. The molecule has 118 valence electrons. The van der Waals surface area contributed by atoms with Gasteiger partial charge in [0.2, 0.25) is 10.0 Å². The summed E-state index contributed by atoms with van der Waals surface area (Å²) < 4.78 is 32.9. The van der Waals surface area contributed by atoms with E-state index in [1.807, 2.05) is 6.92 Å². The highest BCUT2D eigenvalue weighted by atomic mass is 32.2. The molecular formula is C15H24N2O3S. The minimum atomic E-state index is -3.47. The number of nitrogens with one attached hydrogen (secondary N) is 2. The summed E-state index contributed by atoms with van der Waals surface area (Å²) in [4.78, 5) is 0.291. The van der Waals surface area contributed by atoms with Crippen molar-refractivity contribution in [2.75, 3.05) is 13.7 Å². The lowest BCUT2D eigenvalue weighted by Gasteiger charge is -2.13. The molecule has 1 aromatic carbocycles. The molecule has 0 radical (unpaired) electrons. The van der Waals surface area contributed by atoms with Gasteiger partial charge in [0.1, 0.15) is 5.75 Å². The fourth-order valence-corrected chi connectivity index (χ4v) is 3.70. The minimum Gasteiger partial charge on any atom is -0.496 e. The Bertz CT molecular complexity index is 611. The molecule has 0 bridgehead atoms. The van der Waals surface area contributed by atoms with Gasteiger partial charge in [0.15, 0.2) is 0 Å². The molecular weight excluding hydrogens is 288 g/mol. The molecule has 1 saturated carbocycles. The number of benzene rings is 1. The molecule has 0 spiro atoms. The molecule has 1 fully saturated rings. The third-order valence-corrected chi connectivity index (χ3v) is 5.41. The number of hydrogen-bond donors (Lipinski definition) is 2. The molecule has 21 heavy (non-hydrogen) atoms. The van der Waals surface area contributed by atoms with Crippen LogP contribution in [0.1, 0.15) is 32.8 Å². The maximum atomic E-state index is 12.4. The van der Waals surface area contributed by atoms with E-state index in [0.29, 0.717) is 17.2 Å². The lowest BCUT2D eigenvalue weighted by atomic mass is 10.2. The fraction of sp³-hybridized carbons (Fsp3) is 0.600. The SMILES string of the molecule is CCNCc1cc(S(=O)(=O)NC2CC2(C)C)ccc1OC. The van der Waals surface area contributed by atoms with E-state index < -0.39 is 10.0 Å².